The van der Waals surface area contributed by atoms with Gasteiger partial charge in [-0.25, -0.2) is 9.97 Å². The molecule has 0 amide bonds. The summed E-state index contributed by atoms with van der Waals surface area (Å²) in [5, 5.41) is 5.54. The summed E-state index contributed by atoms with van der Waals surface area (Å²) in [5.74, 6) is 0.674. The molecule has 0 aliphatic rings. The average molecular weight is 722 g/mol. The number of furan rings is 1. The van der Waals surface area contributed by atoms with Crippen molar-refractivity contribution in [3.05, 3.63) is 188 Å². The van der Waals surface area contributed by atoms with Crippen molar-refractivity contribution in [1.82, 2.24) is 9.97 Å². The van der Waals surface area contributed by atoms with Gasteiger partial charge in [0.2, 0.25) is 0 Å². The first-order valence-electron chi connectivity index (χ1n) is 18.4. The predicted octanol–water partition coefficient (Wildman–Crippen LogP) is 14.4. The molecule has 0 bridgehead atoms. The Bertz CT molecular complexity index is 3160. The molecule has 0 radical (unpaired) electrons. The third-order valence-corrected chi connectivity index (χ3v) is 11.6. The first-order chi connectivity index (χ1) is 27.3. The van der Waals surface area contributed by atoms with Crippen molar-refractivity contribution < 1.29 is 4.42 Å². The molecule has 0 spiro atoms. The van der Waals surface area contributed by atoms with E-state index >= 15 is 0 Å². The van der Waals surface area contributed by atoms with Gasteiger partial charge >= 0.3 is 0 Å². The summed E-state index contributed by atoms with van der Waals surface area (Å²) in [7, 11) is 0. The molecule has 3 aromatic heterocycles. The largest absolute Gasteiger partial charge is 0.456 e. The fourth-order valence-electron chi connectivity index (χ4n) is 7.93. The second-order valence-corrected chi connectivity index (χ2v) is 14.8. The number of para-hydroxylation sites is 3. The van der Waals surface area contributed by atoms with Gasteiger partial charge in [-0.3, -0.25) is 0 Å². The van der Waals surface area contributed by atoms with Gasteiger partial charge in [0, 0.05) is 49.0 Å². The standard InChI is InChI=1S/C50H31N3OS/c1-3-16-35(17-4-1)53(36-18-5-2-6-19-36)37-28-26-32(27-29-37)34-30-42(46-40-21-9-11-24-43(40)54-44(46)31-34)50-51-47(39-23-13-15-33-14-7-8-20-38(33)39)49-48(52-50)41-22-10-12-25-45(41)55-49/h1-31H. The van der Waals surface area contributed by atoms with Gasteiger partial charge in [-0.2, -0.15) is 0 Å². The van der Waals surface area contributed by atoms with Gasteiger partial charge in [0.1, 0.15) is 11.2 Å². The third-order valence-electron chi connectivity index (χ3n) is 10.5. The first kappa shape index (κ1) is 31.4. The minimum absolute atomic E-state index is 0.674. The van der Waals surface area contributed by atoms with Crippen LogP contribution in [0.2, 0.25) is 0 Å². The quantitative estimate of drug-likeness (QED) is 0.171. The van der Waals surface area contributed by atoms with E-state index in [9.17, 15) is 0 Å². The van der Waals surface area contributed by atoms with Crippen LogP contribution in [-0.4, -0.2) is 9.97 Å². The number of benzene rings is 8. The van der Waals surface area contributed by atoms with E-state index in [4.69, 9.17) is 14.4 Å². The number of fused-ring (bicyclic) bond motifs is 7. The zero-order valence-electron chi connectivity index (χ0n) is 29.6. The minimum atomic E-state index is 0.674. The SMILES string of the molecule is c1ccc(N(c2ccccc2)c2ccc(-c3cc(-c4nc(-c5cccc6ccccc56)c5sc6ccccc6c5n4)c4c(c3)oc3ccccc34)cc2)cc1. The predicted molar refractivity (Wildman–Crippen MR) is 231 cm³/mol. The van der Waals surface area contributed by atoms with Crippen LogP contribution >= 0.6 is 11.3 Å². The molecule has 55 heavy (non-hydrogen) atoms. The second-order valence-electron chi connectivity index (χ2n) is 13.7. The maximum atomic E-state index is 6.61. The van der Waals surface area contributed by atoms with Crippen molar-refractivity contribution in [2.45, 2.75) is 0 Å². The number of rotatable bonds is 6. The lowest BCUT2D eigenvalue weighted by Gasteiger charge is -2.25. The van der Waals surface area contributed by atoms with E-state index < -0.39 is 0 Å². The highest BCUT2D eigenvalue weighted by molar-refractivity contribution is 7.26. The Balaban J connectivity index is 1.14. The van der Waals surface area contributed by atoms with E-state index in [2.05, 4.69) is 181 Å². The molecule has 0 unspecified atom stereocenters. The zero-order valence-corrected chi connectivity index (χ0v) is 30.4. The average Bonchev–Trinajstić information content (AvgIpc) is 3.83. The summed E-state index contributed by atoms with van der Waals surface area (Å²) in [6.45, 7) is 0. The van der Waals surface area contributed by atoms with E-state index in [1.807, 2.05) is 12.1 Å². The van der Waals surface area contributed by atoms with E-state index in [1.54, 1.807) is 11.3 Å². The third kappa shape index (κ3) is 5.28. The molecule has 3 heterocycles. The summed E-state index contributed by atoms with van der Waals surface area (Å²) in [5.41, 5.74) is 11.0. The molecule has 8 aromatic carbocycles. The van der Waals surface area contributed by atoms with Gasteiger partial charge < -0.3 is 9.32 Å². The van der Waals surface area contributed by atoms with E-state index in [1.165, 1.54) is 15.5 Å². The molecule has 0 fully saturated rings. The first-order valence-corrected chi connectivity index (χ1v) is 19.2. The molecule has 0 N–H and O–H groups in total. The van der Waals surface area contributed by atoms with Gasteiger partial charge in [0.25, 0.3) is 0 Å². The highest BCUT2D eigenvalue weighted by atomic mass is 32.1. The van der Waals surface area contributed by atoms with Crippen molar-refractivity contribution in [1.29, 1.82) is 0 Å². The molecular formula is C50H31N3OS. The van der Waals surface area contributed by atoms with Crippen molar-refractivity contribution in [2.75, 3.05) is 4.90 Å². The summed E-state index contributed by atoms with van der Waals surface area (Å²) in [6.07, 6.45) is 0. The van der Waals surface area contributed by atoms with E-state index in [0.29, 0.717) is 5.82 Å². The van der Waals surface area contributed by atoms with Crippen LogP contribution in [0.4, 0.5) is 17.1 Å². The van der Waals surface area contributed by atoms with Crippen molar-refractivity contribution in [3.63, 3.8) is 0 Å². The molecule has 0 atom stereocenters. The second kappa shape index (κ2) is 12.8. The van der Waals surface area contributed by atoms with Crippen LogP contribution in [0, 0.1) is 0 Å². The lowest BCUT2D eigenvalue weighted by Crippen LogP contribution is -2.09. The smallest absolute Gasteiger partial charge is 0.161 e. The molecule has 0 aliphatic heterocycles. The fraction of sp³-hybridized carbons (Fsp3) is 0. The summed E-state index contributed by atoms with van der Waals surface area (Å²) < 4.78 is 8.89. The molecule has 11 aromatic rings. The molecule has 4 nitrogen and oxygen atoms in total. The zero-order chi connectivity index (χ0) is 36.3. The summed E-state index contributed by atoms with van der Waals surface area (Å²) in [6, 6.07) is 66.0. The topological polar surface area (TPSA) is 42.2 Å². The molecular weight excluding hydrogens is 691 g/mol. The van der Waals surface area contributed by atoms with Gasteiger partial charge in [-0.15, -0.1) is 11.3 Å². The fourth-order valence-corrected chi connectivity index (χ4v) is 9.07. The van der Waals surface area contributed by atoms with Crippen molar-refractivity contribution in [2.24, 2.45) is 0 Å². The minimum Gasteiger partial charge on any atom is -0.456 e. The Morgan fingerprint density at radius 1 is 0.455 bits per heavy atom. The Morgan fingerprint density at radius 3 is 1.87 bits per heavy atom. The maximum absolute atomic E-state index is 6.61. The van der Waals surface area contributed by atoms with Gasteiger partial charge in [0.15, 0.2) is 5.82 Å². The van der Waals surface area contributed by atoms with Crippen LogP contribution in [0.15, 0.2) is 192 Å². The van der Waals surface area contributed by atoms with Gasteiger partial charge in [-0.05, 0) is 82.6 Å². The van der Waals surface area contributed by atoms with E-state index in [0.717, 1.165) is 82.6 Å². The molecule has 0 saturated carbocycles. The van der Waals surface area contributed by atoms with Crippen molar-refractivity contribution in [3.8, 4) is 33.8 Å². The number of thiophene rings is 1. The lowest BCUT2D eigenvalue weighted by atomic mass is 9.97. The van der Waals surface area contributed by atoms with Crippen LogP contribution in [0.1, 0.15) is 0 Å². The van der Waals surface area contributed by atoms with Crippen LogP contribution in [-0.2, 0) is 0 Å². The number of hydrogen-bond acceptors (Lipinski definition) is 5. The molecule has 5 heteroatoms. The number of nitrogens with zero attached hydrogens (tertiary/aromatic N) is 3. The number of anilines is 3. The van der Waals surface area contributed by atoms with Gasteiger partial charge in [-0.1, -0.05) is 127 Å². The molecule has 258 valence electrons. The molecule has 0 aliphatic carbocycles. The Hall–Kier alpha value is -7.08. The highest BCUT2D eigenvalue weighted by Crippen LogP contribution is 2.44. The van der Waals surface area contributed by atoms with Crippen LogP contribution in [0.3, 0.4) is 0 Å². The lowest BCUT2D eigenvalue weighted by molar-refractivity contribution is 0.669. The number of aromatic nitrogens is 2. The Morgan fingerprint density at radius 2 is 1.09 bits per heavy atom. The van der Waals surface area contributed by atoms with Crippen LogP contribution in [0.25, 0.3) is 86.8 Å². The van der Waals surface area contributed by atoms with Crippen LogP contribution in [0.5, 0.6) is 0 Å². The summed E-state index contributed by atoms with van der Waals surface area (Å²) in [4.78, 5) is 13.2. The molecule has 11 rings (SSSR count). The molecule has 0 saturated heterocycles. The maximum Gasteiger partial charge on any atom is 0.161 e. The van der Waals surface area contributed by atoms with Crippen molar-refractivity contribution >= 4 is 81.4 Å². The Labute approximate surface area is 321 Å². The monoisotopic (exact) mass is 721 g/mol. The van der Waals surface area contributed by atoms with Crippen LogP contribution < -0.4 is 4.90 Å². The number of hydrogen-bond donors (Lipinski definition) is 0. The normalized spacial score (nSPS) is 11.6. The Kier molecular flexibility index (Phi) is 7.32. The highest BCUT2D eigenvalue weighted by Gasteiger charge is 2.22. The van der Waals surface area contributed by atoms with E-state index in [-0.39, 0.29) is 0 Å². The summed E-state index contributed by atoms with van der Waals surface area (Å²) >= 11 is 1.76. The van der Waals surface area contributed by atoms with Gasteiger partial charge in [0.05, 0.1) is 15.9 Å².